The Labute approximate surface area is 156 Å². The molecule has 1 aromatic carbocycles. The van der Waals surface area contributed by atoms with E-state index in [0.29, 0.717) is 18.9 Å². The highest BCUT2D eigenvalue weighted by molar-refractivity contribution is 14.0. The number of aromatic nitrogens is 2. The number of aliphatic imine (C=N–C) groups is 1. The first-order chi connectivity index (χ1) is 11.1. The normalized spacial score (nSPS) is 19.6. The number of halogens is 3. The number of benzene rings is 1. The molecule has 1 heterocycles. The Morgan fingerprint density at radius 3 is 2.62 bits per heavy atom. The molecule has 2 atom stereocenters. The van der Waals surface area contributed by atoms with Crippen LogP contribution in [0.15, 0.2) is 35.5 Å². The number of aryl methyl sites for hydroxylation is 1. The topological polar surface area (TPSA) is 54.2 Å². The molecule has 1 saturated carbocycles. The molecule has 0 saturated heterocycles. The van der Waals surface area contributed by atoms with E-state index in [4.69, 9.17) is 0 Å². The van der Waals surface area contributed by atoms with E-state index in [2.05, 4.69) is 20.7 Å². The van der Waals surface area contributed by atoms with E-state index in [1.807, 2.05) is 13.1 Å². The lowest BCUT2D eigenvalue weighted by Gasteiger charge is -2.12. The molecule has 2 N–H and O–H groups in total. The lowest BCUT2D eigenvalue weighted by Crippen LogP contribution is -2.39. The summed E-state index contributed by atoms with van der Waals surface area (Å²) in [4.78, 5) is 4.15. The fourth-order valence-electron chi connectivity index (χ4n) is 2.66. The molecule has 0 bridgehead atoms. The molecule has 1 fully saturated rings. The standard InChI is InChI=1S/C16H19F2N5.HI/c1-19-16(20-9-10-6-7-21-23(10)2)22-14-8-11(14)15-12(17)4-3-5-13(15)18;/h3-7,11,14H,8-9H2,1-2H3,(H2,19,20,22);1H. The number of guanidine groups is 1. The zero-order valence-electron chi connectivity index (χ0n) is 13.5. The number of nitrogens with zero attached hydrogens (tertiary/aromatic N) is 3. The van der Waals surface area contributed by atoms with Crippen molar-refractivity contribution < 1.29 is 8.78 Å². The third-order valence-corrected chi connectivity index (χ3v) is 4.07. The van der Waals surface area contributed by atoms with Gasteiger partial charge in [-0.15, -0.1) is 24.0 Å². The highest BCUT2D eigenvalue weighted by Crippen LogP contribution is 2.42. The summed E-state index contributed by atoms with van der Waals surface area (Å²) in [5, 5.41) is 10.5. The van der Waals surface area contributed by atoms with Crippen molar-refractivity contribution >= 4 is 29.9 Å². The molecule has 8 heteroatoms. The number of hydrogen-bond acceptors (Lipinski definition) is 2. The van der Waals surface area contributed by atoms with Crippen molar-refractivity contribution in [3.8, 4) is 0 Å². The molecule has 1 aliphatic carbocycles. The van der Waals surface area contributed by atoms with Crippen LogP contribution in [0.3, 0.4) is 0 Å². The fraction of sp³-hybridized carbons (Fsp3) is 0.375. The molecule has 0 amide bonds. The molecule has 0 aliphatic heterocycles. The van der Waals surface area contributed by atoms with Crippen molar-refractivity contribution in [1.29, 1.82) is 0 Å². The molecule has 0 radical (unpaired) electrons. The third-order valence-electron chi connectivity index (χ3n) is 4.07. The number of nitrogens with one attached hydrogen (secondary N) is 2. The van der Waals surface area contributed by atoms with E-state index >= 15 is 0 Å². The van der Waals surface area contributed by atoms with Gasteiger partial charge in [-0.3, -0.25) is 9.67 Å². The van der Waals surface area contributed by atoms with Gasteiger partial charge in [0.05, 0.1) is 12.2 Å². The van der Waals surface area contributed by atoms with Gasteiger partial charge in [-0.05, 0) is 24.6 Å². The first-order valence-corrected chi connectivity index (χ1v) is 7.48. The molecule has 1 aromatic heterocycles. The van der Waals surface area contributed by atoms with E-state index in [1.165, 1.54) is 18.2 Å². The molecule has 24 heavy (non-hydrogen) atoms. The average Bonchev–Trinajstić information content (AvgIpc) is 3.15. The van der Waals surface area contributed by atoms with Crippen LogP contribution >= 0.6 is 24.0 Å². The summed E-state index contributed by atoms with van der Waals surface area (Å²) >= 11 is 0. The second-order valence-corrected chi connectivity index (χ2v) is 5.60. The van der Waals surface area contributed by atoms with Crippen LogP contribution in [0.2, 0.25) is 0 Å². The highest BCUT2D eigenvalue weighted by Gasteiger charge is 2.42. The van der Waals surface area contributed by atoms with Crippen LogP contribution in [-0.2, 0) is 13.6 Å². The van der Waals surface area contributed by atoms with Crippen molar-refractivity contribution in [2.75, 3.05) is 7.05 Å². The maximum absolute atomic E-state index is 13.8. The largest absolute Gasteiger partial charge is 0.353 e. The smallest absolute Gasteiger partial charge is 0.191 e. The van der Waals surface area contributed by atoms with Gasteiger partial charge >= 0.3 is 0 Å². The van der Waals surface area contributed by atoms with Crippen LogP contribution in [-0.4, -0.2) is 28.8 Å². The van der Waals surface area contributed by atoms with E-state index in [1.54, 1.807) is 17.9 Å². The lowest BCUT2D eigenvalue weighted by molar-refractivity contribution is 0.553. The van der Waals surface area contributed by atoms with Crippen LogP contribution in [0.25, 0.3) is 0 Å². The van der Waals surface area contributed by atoms with Gasteiger partial charge in [-0.2, -0.15) is 5.10 Å². The van der Waals surface area contributed by atoms with Crippen molar-refractivity contribution in [2.45, 2.75) is 24.9 Å². The average molecular weight is 447 g/mol. The first-order valence-electron chi connectivity index (χ1n) is 7.48. The SMILES string of the molecule is CN=C(NCc1ccnn1C)NC1CC1c1c(F)cccc1F.I. The van der Waals surface area contributed by atoms with Crippen molar-refractivity contribution in [1.82, 2.24) is 20.4 Å². The van der Waals surface area contributed by atoms with Gasteiger partial charge in [0.15, 0.2) is 5.96 Å². The molecular weight excluding hydrogens is 427 g/mol. The fourth-order valence-corrected chi connectivity index (χ4v) is 2.66. The molecule has 5 nitrogen and oxygen atoms in total. The summed E-state index contributed by atoms with van der Waals surface area (Å²) in [7, 11) is 3.53. The van der Waals surface area contributed by atoms with Gasteiger partial charge in [0.25, 0.3) is 0 Å². The first kappa shape index (κ1) is 18.6. The summed E-state index contributed by atoms with van der Waals surface area (Å²) < 4.78 is 29.4. The summed E-state index contributed by atoms with van der Waals surface area (Å²) in [6.45, 7) is 0.571. The van der Waals surface area contributed by atoms with Crippen molar-refractivity contribution in [2.24, 2.45) is 12.0 Å². The summed E-state index contributed by atoms with van der Waals surface area (Å²) in [5.74, 6) is -0.531. The molecule has 2 aromatic rings. The molecule has 1 aliphatic rings. The van der Waals surface area contributed by atoms with Gasteiger partial charge in [0, 0.05) is 37.8 Å². The predicted molar refractivity (Wildman–Crippen MR) is 99.5 cm³/mol. The van der Waals surface area contributed by atoms with Crippen LogP contribution in [0, 0.1) is 11.6 Å². The Bertz CT molecular complexity index is 711. The summed E-state index contributed by atoms with van der Waals surface area (Å²) in [6, 6.07) is 5.87. The minimum atomic E-state index is -0.489. The van der Waals surface area contributed by atoms with Crippen LogP contribution in [0.1, 0.15) is 23.6 Å². The lowest BCUT2D eigenvalue weighted by atomic mass is 10.1. The Balaban J connectivity index is 0.00000208. The molecule has 130 valence electrons. The molecular formula is C16H20F2IN5. The summed E-state index contributed by atoms with van der Waals surface area (Å²) in [6.07, 6.45) is 2.41. The van der Waals surface area contributed by atoms with E-state index in [0.717, 1.165) is 5.69 Å². The molecule has 3 rings (SSSR count). The minimum absolute atomic E-state index is 0. The van der Waals surface area contributed by atoms with Gasteiger partial charge in [-0.25, -0.2) is 8.78 Å². The Morgan fingerprint density at radius 1 is 1.33 bits per heavy atom. The maximum atomic E-state index is 13.8. The van der Waals surface area contributed by atoms with Crippen molar-refractivity contribution in [3.63, 3.8) is 0 Å². The third kappa shape index (κ3) is 4.03. The van der Waals surface area contributed by atoms with E-state index in [9.17, 15) is 8.78 Å². The van der Waals surface area contributed by atoms with Crippen LogP contribution in [0.4, 0.5) is 8.78 Å². The Hall–Kier alpha value is -1.71. The predicted octanol–water partition coefficient (Wildman–Crippen LogP) is 2.54. The van der Waals surface area contributed by atoms with Gasteiger partial charge in [0.2, 0.25) is 0 Å². The number of hydrogen-bond donors (Lipinski definition) is 2. The van der Waals surface area contributed by atoms with E-state index in [-0.39, 0.29) is 41.5 Å². The molecule has 0 spiro atoms. The van der Waals surface area contributed by atoms with Gasteiger partial charge < -0.3 is 10.6 Å². The summed E-state index contributed by atoms with van der Waals surface area (Å²) in [5.41, 5.74) is 1.17. The maximum Gasteiger partial charge on any atom is 0.191 e. The Morgan fingerprint density at radius 2 is 2.04 bits per heavy atom. The minimum Gasteiger partial charge on any atom is -0.353 e. The second-order valence-electron chi connectivity index (χ2n) is 5.60. The highest BCUT2D eigenvalue weighted by atomic mass is 127. The Kier molecular flexibility index (Phi) is 6.14. The van der Waals surface area contributed by atoms with Crippen LogP contribution in [0.5, 0.6) is 0 Å². The second kappa shape index (κ2) is 7.91. The zero-order valence-corrected chi connectivity index (χ0v) is 15.8. The van der Waals surface area contributed by atoms with E-state index < -0.39 is 11.6 Å². The number of rotatable bonds is 4. The monoisotopic (exact) mass is 447 g/mol. The zero-order chi connectivity index (χ0) is 16.4. The van der Waals surface area contributed by atoms with Gasteiger partial charge in [-0.1, -0.05) is 6.07 Å². The van der Waals surface area contributed by atoms with Crippen LogP contribution < -0.4 is 10.6 Å². The van der Waals surface area contributed by atoms with Gasteiger partial charge in [0.1, 0.15) is 11.6 Å². The quantitative estimate of drug-likeness (QED) is 0.431. The van der Waals surface area contributed by atoms with Crippen molar-refractivity contribution in [3.05, 3.63) is 53.4 Å². The molecule has 2 unspecified atom stereocenters.